The lowest BCUT2D eigenvalue weighted by Gasteiger charge is -2.13. The quantitative estimate of drug-likeness (QED) is 0.663. The zero-order valence-corrected chi connectivity index (χ0v) is 13.5. The van der Waals surface area contributed by atoms with E-state index in [4.69, 9.17) is 16.6 Å². The van der Waals surface area contributed by atoms with Crippen molar-refractivity contribution in [2.45, 2.75) is 19.4 Å². The maximum Gasteiger partial charge on any atom is 0.0781 e. The molecule has 1 heterocycles. The van der Waals surface area contributed by atoms with E-state index in [0.29, 0.717) is 5.92 Å². The van der Waals surface area contributed by atoms with Gasteiger partial charge in [0.1, 0.15) is 0 Å². The van der Waals surface area contributed by atoms with Crippen LogP contribution in [-0.2, 0) is 0 Å². The average Bonchev–Trinajstić information content (AvgIpc) is 2.82. The van der Waals surface area contributed by atoms with E-state index >= 15 is 0 Å². The van der Waals surface area contributed by atoms with Crippen molar-refractivity contribution in [3.05, 3.63) is 69.2 Å². The van der Waals surface area contributed by atoms with Crippen molar-refractivity contribution >= 4 is 33.2 Å². The molecule has 0 amide bonds. The van der Waals surface area contributed by atoms with E-state index in [9.17, 15) is 0 Å². The van der Waals surface area contributed by atoms with Crippen molar-refractivity contribution in [2.24, 2.45) is 10.9 Å². The van der Waals surface area contributed by atoms with Gasteiger partial charge in [0.2, 0.25) is 0 Å². The average molecular weight is 349 g/mol. The zero-order valence-electron chi connectivity index (χ0n) is 11.2. The van der Waals surface area contributed by atoms with Gasteiger partial charge in [-0.05, 0) is 36.1 Å². The lowest BCUT2D eigenvalue weighted by Crippen LogP contribution is -2.03. The first-order valence-corrected chi connectivity index (χ1v) is 7.89. The Morgan fingerprint density at radius 2 is 1.80 bits per heavy atom. The fourth-order valence-electron chi connectivity index (χ4n) is 2.70. The summed E-state index contributed by atoms with van der Waals surface area (Å²) in [6.07, 6.45) is 1.01. The molecule has 3 heteroatoms. The molecule has 0 radical (unpaired) electrons. The van der Waals surface area contributed by atoms with Crippen molar-refractivity contribution in [1.82, 2.24) is 0 Å². The van der Waals surface area contributed by atoms with E-state index < -0.39 is 0 Å². The fourth-order valence-corrected chi connectivity index (χ4v) is 3.34. The van der Waals surface area contributed by atoms with Crippen molar-refractivity contribution < 1.29 is 0 Å². The Kier molecular flexibility index (Phi) is 3.95. The van der Waals surface area contributed by atoms with Crippen LogP contribution in [0.25, 0.3) is 0 Å². The first kappa shape index (κ1) is 13.8. The lowest BCUT2D eigenvalue weighted by molar-refractivity contribution is 0.525. The molecule has 20 heavy (non-hydrogen) atoms. The summed E-state index contributed by atoms with van der Waals surface area (Å²) in [5, 5.41) is 0.773. The Balaban J connectivity index is 1.95. The van der Waals surface area contributed by atoms with Gasteiger partial charge in [-0.15, -0.1) is 0 Å². The van der Waals surface area contributed by atoms with Crippen LogP contribution >= 0.6 is 27.5 Å². The van der Waals surface area contributed by atoms with Gasteiger partial charge in [-0.25, -0.2) is 0 Å². The predicted octanol–water partition coefficient (Wildman–Crippen LogP) is 5.67. The molecule has 0 saturated heterocycles. The second-order valence-corrected chi connectivity index (χ2v) is 6.52. The van der Waals surface area contributed by atoms with Crippen LogP contribution in [0.4, 0.5) is 0 Å². The van der Waals surface area contributed by atoms with E-state index in [0.717, 1.165) is 15.9 Å². The number of hydrogen-bond donors (Lipinski definition) is 0. The van der Waals surface area contributed by atoms with E-state index in [1.54, 1.807) is 0 Å². The highest BCUT2D eigenvalue weighted by atomic mass is 79.9. The normalized spacial score (nSPS) is 21.9. The van der Waals surface area contributed by atoms with Gasteiger partial charge in [0.15, 0.2) is 0 Å². The second-order valence-electron chi connectivity index (χ2n) is 5.23. The summed E-state index contributed by atoms with van der Waals surface area (Å²) >= 11 is 9.57. The van der Waals surface area contributed by atoms with Crippen molar-refractivity contribution in [3.8, 4) is 0 Å². The lowest BCUT2D eigenvalue weighted by atomic mass is 9.93. The molecule has 2 atom stereocenters. The summed E-state index contributed by atoms with van der Waals surface area (Å²) in [7, 11) is 0. The van der Waals surface area contributed by atoms with Crippen LogP contribution in [0.2, 0.25) is 5.02 Å². The van der Waals surface area contributed by atoms with Gasteiger partial charge in [0, 0.05) is 20.8 Å². The fraction of sp³-hybridized carbons (Fsp3) is 0.235. The highest BCUT2D eigenvalue weighted by Crippen LogP contribution is 2.37. The molecule has 0 fully saturated rings. The molecule has 0 aromatic heterocycles. The molecule has 2 aromatic carbocycles. The molecule has 0 spiro atoms. The second kappa shape index (κ2) is 5.71. The third-order valence-electron chi connectivity index (χ3n) is 3.75. The van der Waals surface area contributed by atoms with Crippen LogP contribution in [0.1, 0.15) is 30.5 Å². The predicted molar refractivity (Wildman–Crippen MR) is 88.7 cm³/mol. The standard InChI is InChI=1S/C17H15BrClN/c1-11-10-16(14-4-2-3-5-15(14)18)20-17(11)12-6-8-13(19)9-7-12/h2-9,11,17H,10H2,1H3. The van der Waals surface area contributed by atoms with Crippen LogP contribution in [0.5, 0.6) is 0 Å². The summed E-state index contributed by atoms with van der Waals surface area (Å²) in [6, 6.07) is 16.6. The Morgan fingerprint density at radius 3 is 2.50 bits per heavy atom. The van der Waals surface area contributed by atoms with Crippen LogP contribution in [0.3, 0.4) is 0 Å². The Hall–Kier alpha value is -1.12. The Morgan fingerprint density at radius 1 is 1.10 bits per heavy atom. The summed E-state index contributed by atoms with van der Waals surface area (Å²) in [5.41, 5.74) is 3.63. The van der Waals surface area contributed by atoms with Crippen molar-refractivity contribution in [2.75, 3.05) is 0 Å². The third-order valence-corrected chi connectivity index (χ3v) is 4.69. The minimum Gasteiger partial charge on any atom is -0.281 e. The van der Waals surface area contributed by atoms with Crippen molar-refractivity contribution in [1.29, 1.82) is 0 Å². The third kappa shape index (κ3) is 2.68. The molecule has 0 saturated carbocycles. The molecule has 102 valence electrons. The Labute approximate surface area is 132 Å². The number of nitrogens with zero attached hydrogens (tertiary/aromatic N) is 1. The minimum absolute atomic E-state index is 0.231. The highest BCUT2D eigenvalue weighted by Gasteiger charge is 2.28. The molecular weight excluding hydrogens is 334 g/mol. The van der Waals surface area contributed by atoms with Crippen LogP contribution < -0.4 is 0 Å². The van der Waals surface area contributed by atoms with Crippen LogP contribution in [0, 0.1) is 5.92 Å². The Bertz CT molecular complexity index is 648. The summed E-state index contributed by atoms with van der Waals surface area (Å²) in [5.74, 6) is 0.512. The smallest absolute Gasteiger partial charge is 0.0781 e. The molecule has 1 nitrogen and oxygen atoms in total. The van der Waals surface area contributed by atoms with Gasteiger partial charge in [-0.3, -0.25) is 4.99 Å². The minimum atomic E-state index is 0.231. The maximum atomic E-state index is 5.96. The van der Waals surface area contributed by atoms with Gasteiger partial charge >= 0.3 is 0 Å². The maximum absolute atomic E-state index is 5.96. The molecule has 1 aliphatic rings. The molecule has 0 bridgehead atoms. The summed E-state index contributed by atoms with van der Waals surface area (Å²) < 4.78 is 1.11. The SMILES string of the molecule is CC1CC(c2ccccc2Br)=NC1c1ccc(Cl)cc1. The first-order chi connectivity index (χ1) is 9.65. The zero-order chi connectivity index (χ0) is 14.1. The summed E-state index contributed by atoms with van der Waals surface area (Å²) in [6.45, 7) is 2.26. The van der Waals surface area contributed by atoms with E-state index in [2.05, 4.69) is 53.2 Å². The molecule has 0 aliphatic carbocycles. The number of halogens is 2. The van der Waals surface area contributed by atoms with Gasteiger partial charge in [0.05, 0.1) is 6.04 Å². The van der Waals surface area contributed by atoms with E-state index in [-0.39, 0.29) is 6.04 Å². The van der Waals surface area contributed by atoms with Crippen molar-refractivity contribution in [3.63, 3.8) is 0 Å². The van der Waals surface area contributed by atoms with Gasteiger partial charge in [-0.1, -0.05) is 64.8 Å². The monoisotopic (exact) mass is 347 g/mol. The molecular formula is C17H15BrClN. The summed E-state index contributed by atoms with van der Waals surface area (Å²) in [4.78, 5) is 4.94. The van der Waals surface area contributed by atoms with Gasteiger partial charge in [-0.2, -0.15) is 0 Å². The topological polar surface area (TPSA) is 12.4 Å². The number of hydrogen-bond acceptors (Lipinski definition) is 1. The van der Waals surface area contributed by atoms with Crippen LogP contribution in [-0.4, -0.2) is 5.71 Å². The number of rotatable bonds is 2. The number of aliphatic imine (C=N–C) groups is 1. The van der Waals surface area contributed by atoms with Gasteiger partial charge in [0.25, 0.3) is 0 Å². The van der Waals surface area contributed by atoms with E-state index in [1.807, 2.05) is 18.2 Å². The van der Waals surface area contributed by atoms with E-state index in [1.165, 1.54) is 16.8 Å². The van der Waals surface area contributed by atoms with Crippen LogP contribution in [0.15, 0.2) is 58.0 Å². The first-order valence-electron chi connectivity index (χ1n) is 6.72. The molecule has 3 rings (SSSR count). The van der Waals surface area contributed by atoms with Gasteiger partial charge < -0.3 is 0 Å². The molecule has 2 unspecified atom stereocenters. The highest BCUT2D eigenvalue weighted by molar-refractivity contribution is 9.10. The largest absolute Gasteiger partial charge is 0.281 e. The molecule has 0 N–H and O–H groups in total. The molecule has 1 aliphatic heterocycles. The molecule has 2 aromatic rings. The number of benzene rings is 2.